The van der Waals surface area contributed by atoms with Crippen LogP contribution in [0.3, 0.4) is 0 Å². The van der Waals surface area contributed by atoms with Crippen molar-refractivity contribution in [1.82, 2.24) is 10.2 Å². The van der Waals surface area contributed by atoms with E-state index in [1.165, 1.54) is 12.0 Å². The number of hydrogen-bond donors (Lipinski definition) is 1. The molecule has 0 bridgehead atoms. The van der Waals surface area contributed by atoms with Gasteiger partial charge in [-0.05, 0) is 30.7 Å². The zero-order valence-corrected chi connectivity index (χ0v) is 11.1. The highest BCUT2D eigenvalue weighted by atomic mass is 16.2. The Morgan fingerprint density at radius 1 is 1.39 bits per heavy atom. The maximum absolute atomic E-state index is 11.9. The molecule has 0 aromatic heterocycles. The summed E-state index contributed by atoms with van der Waals surface area (Å²) >= 11 is 0. The third-order valence-corrected chi connectivity index (χ3v) is 3.48. The molecule has 1 aliphatic heterocycles. The van der Waals surface area contributed by atoms with E-state index in [1.54, 1.807) is 0 Å². The topological polar surface area (TPSA) is 32.3 Å². The lowest BCUT2D eigenvalue weighted by molar-refractivity contribution is 0.170. The van der Waals surface area contributed by atoms with Crippen LogP contribution in [-0.4, -0.2) is 30.6 Å². The first-order valence-electron chi connectivity index (χ1n) is 6.82. The van der Waals surface area contributed by atoms with Crippen molar-refractivity contribution in [3.63, 3.8) is 0 Å². The average Bonchev–Trinajstić information content (AvgIpc) is 2.40. The Labute approximate surface area is 109 Å². The summed E-state index contributed by atoms with van der Waals surface area (Å²) in [4.78, 5) is 13.9. The lowest BCUT2D eigenvalue weighted by Gasteiger charge is -2.30. The van der Waals surface area contributed by atoms with Gasteiger partial charge in [0.2, 0.25) is 0 Å². The SMILES string of the molecule is CC1CCCN(C(=O)NCCc2ccccc2)C1. The first kappa shape index (κ1) is 12.9. The Kier molecular flexibility index (Phi) is 4.62. The van der Waals surface area contributed by atoms with Gasteiger partial charge in [-0.3, -0.25) is 0 Å². The number of hydrogen-bond acceptors (Lipinski definition) is 1. The minimum absolute atomic E-state index is 0.0949. The fourth-order valence-electron chi connectivity index (χ4n) is 2.44. The van der Waals surface area contributed by atoms with Crippen LogP contribution in [0.2, 0.25) is 0 Å². The molecule has 1 unspecified atom stereocenters. The molecular formula is C15H22N2O. The second kappa shape index (κ2) is 6.43. The number of carbonyl (C=O) groups excluding carboxylic acids is 1. The molecule has 3 nitrogen and oxygen atoms in total. The highest BCUT2D eigenvalue weighted by molar-refractivity contribution is 5.74. The highest BCUT2D eigenvalue weighted by Gasteiger charge is 2.20. The summed E-state index contributed by atoms with van der Waals surface area (Å²) in [5.41, 5.74) is 1.27. The second-order valence-corrected chi connectivity index (χ2v) is 5.16. The van der Waals surface area contributed by atoms with Crippen molar-refractivity contribution >= 4 is 6.03 Å². The van der Waals surface area contributed by atoms with Gasteiger partial charge in [0, 0.05) is 19.6 Å². The zero-order valence-electron chi connectivity index (χ0n) is 11.1. The van der Waals surface area contributed by atoms with Gasteiger partial charge in [-0.2, -0.15) is 0 Å². The maximum atomic E-state index is 11.9. The van der Waals surface area contributed by atoms with Gasteiger partial charge in [-0.1, -0.05) is 37.3 Å². The number of nitrogens with zero attached hydrogens (tertiary/aromatic N) is 1. The van der Waals surface area contributed by atoms with Gasteiger partial charge in [0.05, 0.1) is 0 Å². The first-order valence-corrected chi connectivity index (χ1v) is 6.82. The Morgan fingerprint density at radius 2 is 2.17 bits per heavy atom. The van der Waals surface area contributed by atoms with Crippen LogP contribution in [0, 0.1) is 5.92 Å². The highest BCUT2D eigenvalue weighted by Crippen LogP contribution is 2.15. The first-order chi connectivity index (χ1) is 8.75. The second-order valence-electron chi connectivity index (χ2n) is 5.16. The summed E-state index contributed by atoms with van der Waals surface area (Å²) in [6.07, 6.45) is 3.27. The maximum Gasteiger partial charge on any atom is 0.317 e. The third-order valence-electron chi connectivity index (χ3n) is 3.48. The summed E-state index contributed by atoms with van der Waals surface area (Å²) in [7, 11) is 0. The van der Waals surface area contributed by atoms with E-state index in [1.807, 2.05) is 23.1 Å². The van der Waals surface area contributed by atoms with Gasteiger partial charge in [-0.15, -0.1) is 0 Å². The molecule has 0 saturated carbocycles. The quantitative estimate of drug-likeness (QED) is 0.873. The molecule has 1 aromatic carbocycles. The smallest absolute Gasteiger partial charge is 0.317 e. The van der Waals surface area contributed by atoms with E-state index >= 15 is 0 Å². The Hall–Kier alpha value is -1.51. The fraction of sp³-hybridized carbons (Fsp3) is 0.533. The van der Waals surface area contributed by atoms with Gasteiger partial charge < -0.3 is 10.2 Å². The van der Waals surface area contributed by atoms with Gasteiger partial charge in [0.25, 0.3) is 0 Å². The molecule has 18 heavy (non-hydrogen) atoms. The van der Waals surface area contributed by atoms with Crippen molar-refractivity contribution in [1.29, 1.82) is 0 Å². The summed E-state index contributed by atoms with van der Waals surface area (Å²) in [5.74, 6) is 0.638. The van der Waals surface area contributed by atoms with Crippen LogP contribution in [0.5, 0.6) is 0 Å². The zero-order chi connectivity index (χ0) is 12.8. The van der Waals surface area contributed by atoms with E-state index in [0.29, 0.717) is 12.5 Å². The average molecular weight is 246 g/mol. The minimum atomic E-state index is 0.0949. The Morgan fingerprint density at radius 3 is 2.89 bits per heavy atom. The normalized spacial score (nSPS) is 19.6. The molecule has 1 atom stereocenters. The molecule has 3 heteroatoms. The van der Waals surface area contributed by atoms with Gasteiger partial charge in [-0.25, -0.2) is 4.79 Å². The molecule has 1 saturated heterocycles. The molecule has 1 N–H and O–H groups in total. The van der Waals surface area contributed by atoms with Crippen molar-refractivity contribution in [2.45, 2.75) is 26.2 Å². The van der Waals surface area contributed by atoms with Crippen molar-refractivity contribution in [2.75, 3.05) is 19.6 Å². The van der Waals surface area contributed by atoms with E-state index in [4.69, 9.17) is 0 Å². The molecule has 2 amide bonds. The van der Waals surface area contributed by atoms with E-state index in [9.17, 15) is 4.79 Å². The number of rotatable bonds is 3. The number of urea groups is 1. The molecule has 98 valence electrons. The van der Waals surface area contributed by atoms with Crippen LogP contribution in [0.1, 0.15) is 25.3 Å². The molecule has 1 aromatic rings. The number of benzene rings is 1. The van der Waals surface area contributed by atoms with Gasteiger partial charge in [0.1, 0.15) is 0 Å². The molecule has 0 aliphatic carbocycles. The molecular weight excluding hydrogens is 224 g/mol. The number of nitrogens with one attached hydrogen (secondary N) is 1. The van der Waals surface area contributed by atoms with Crippen molar-refractivity contribution < 1.29 is 4.79 Å². The summed E-state index contributed by atoms with van der Waals surface area (Å²) in [6.45, 7) is 4.73. The largest absolute Gasteiger partial charge is 0.338 e. The van der Waals surface area contributed by atoms with Crippen LogP contribution < -0.4 is 5.32 Å². The third kappa shape index (κ3) is 3.76. The van der Waals surface area contributed by atoms with E-state index in [-0.39, 0.29) is 6.03 Å². The van der Waals surface area contributed by atoms with E-state index in [2.05, 4.69) is 24.4 Å². The van der Waals surface area contributed by atoms with Crippen LogP contribution >= 0.6 is 0 Å². The van der Waals surface area contributed by atoms with E-state index < -0.39 is 0 Å². The molecule has 1 fully saturated rings. The fourth-order valence-corrected chi connectivity index (χ4v) is 2.44. The summed E-state index contributed by atoms with van der Waals surface area (Å²) in [5, 5.41) is 3.01. The molecule has 1 heterocycles. The molecule has 2 rings (SSSR count). The standard InChI is InChI=1S/C15H22N2O/c1-13-6-5-11-17(12-13)15(18)16-10-9-14-7-3-2-4-8-14/h2-4,7-8,13H,5-6,9-12H2,1H3,(H,16,18). The van der Waals surface area contributed by atoms with Crippen molar-refractivity contribution in [3.8, 4) is 0 Å². The van der Waals surface area contributed by atoms with Crippen LogP contribution in [0.4, 0.5) is 4.79 Å². The van der Waals surface area contributed by atoms with Crippen LogP contribution in [-0.2, 0) is 6.42 Å². The lowest BCUT2D eigenvalue weighted by atomic mass is 10.0. The Balaban J connectivity index is 1.71. The van der Waals surface area contributed by atoms with Crippen molar-refractivity contribution in [3.05, 3.63) is 35.9 Å². The predicted octanol–water partition coefficient (Wildman–Crippen LogP) is 2.67. The Bertz CT molecular complexity index is 377. The van der Waals surface area contributed by atoms with Gasteiger partial charge >= 0.3 is 6.03 Å². The number of likely N-dealkylation sites (tertiary alicyclic amines) is 1. The molecule has 0 radical (unpaired) electrons. The van der Waals surface area contributed by atoms with Crippen LogP contribution in [0.15, 0.2) is 30.3 Å². The van der Waals surface area contributed by atoms with E-state index in [0.717, 1.165) is 25.9 Å². The number of piperidine rings is 1. The number of carbonyl (C=O) groups is 1. The van der Waals surface area contributed by atoms with Crippen molar-refractivity contribution in [2.24, 2.45) is 5.92 Å². The minimum Gasteiger partial charge on any atom is -0.338 e. The summed E-state index contributed by atoms with van der Waals surface area (Å²) < 4.78 is 0. The molecule has 0 spiro atoms. The predicted molar refractivity (Wildman–Crippen MR) is 73.5 cm³/mol. The summed E-state index contributed by atoms with van der Waals surface area (Å²) in [6, 6.07) is 10.4. The van der Waals surface area contributed by atoms with Crippen LogP contribution in [0.25, 0.3) is 0 Å². The number of amides is 2. The lowest BCUT2D eigenvalue weighted by Crippen LogP contribution is -2.45. The monoisotopic (exact) mass is 246 g/mol. The van der Waals surface area contributed by atoms with Gasteiger partial charge in [0.15, 0.2) is 0 Å². The molecule has 1 aliphatic rings.